The molecule has 1 unspecified atom stereocenters. The highest BCUT2D eigenvalue weighted by Gasteiger charge is 2.21. The molecule has 1 fully saturated rings. The normalized spacial score (nSPS) is 13.0. The number of carbonyl (C=O) groups is 2. The molecule has 4 heterocycles. The van der Waals surface area contributed by atoms with Crippen LogP contribution in [0.4, 0.5) is 14.5 Å². The lowest BCUT2D eigenvalue weighted by molar-refractivity contribution is -0.148. The molecule has 0 amide bonds. The molecule has 1 saturated carbocycles. The highest BCUT2D eigenvalue weighted by molar-refractivity contribution is 7.13. The van der Waals surface area contributed by atoms with Crippen molar-refractivity contribution in [1.29, 1.82) is 0 Å². The molecule has 5 N–H and O–H groups in total. The second-order valence-electron chi connectivity index (χ2n) is 10.2. The van der Waals surface area contributed by atoms with E-state index in [0.717, 1.165) is 41.2 Å². The molecule has 0 radical (unpaired) electrons. The van der Waals surface area contributed by atoms with Crippen molar-refractivity contribution in [3.05, 3.63) is 60.1 Å². The van der Waals surface area contributed by atoms with E-state index < -0.39 is 11.8 Å². The van der Waals surface area contributed by atoms with Crippen LogP contribution in [0.2, 0.25) is 0 Å². The summed E-state index contributed by atoms with van der Waals surface area (Å²) >= 11 is 1.51. The van der Waals surface area contributed by atoms with E-state index >= 15 is 0 Å². The monoisotopic (exact) mass is 676 g/mol. The van der Waals surface area contributed by atoms with E-state index in [1.54, 1.807) is 44.0 Å². The quantitative estimate of drug-likeness (QED) is 0.102. The number of aliphatic hydroxyl groups excluding tert-OH is 1. The summed E-state index contributed by atoms with van der Waals surface area (Å²) in [6, 6.07) is 2.21. The molecule has 47 heavy (non-hydrogen) atoms. The van der Waals surface area contributed by atoms with E-state index in [1.165, 1.54) is 30.6 Å². The van der Waals surface area contributed by atoms with Gasteiger partial charge in [-0.15, -0.1) is 11.3 Å². The lowest BCUT2D eigenvalue weighted by Gasteiger charge is -2.21. The molecule has 5 rings (SSSR count). The summed E-state index contributed by atoms with van der Waals surface area (Å²) < 4.78 is 35.7. The molecule has 13 nitrogen and oxygen atoms in total. The summed E-state index contributed by atoms with van der Waals surface area (Å²) in [6.45, 7) is 7.18. The number of nitrogens with two attached hydrogens (primary N) is 1. The zero-order chi connectivity index (χ0) is 34.8. The number of hydrogen-bond donors (Lipinski definition) is 4. The van der Waals surface area contributed by atoms with Gasteiger partial charge in [-0.2, -0.15) is 14.6 Å². The summed E-state index contributed by atoms with van der Waals surface area (Å²) in [4.78, 5) is 27.8. The molecule has 0 saturated heterocycles. The molecule has 16 heteroatoms. The number of esters is 1. The van der Waals surface area contributed by atoms with Crippen molar-refractivity contribution in [3.63, 3.8) is 0 Å². The van der Waals surface area contributed by atoms with Crippen LogP contribution in [-0.4, -0.2) is 71.9 Å². The van der Waals surface area contributed by atoms with Crippen LogP contribution < -0.4 is 11.1 Å². The van der Waals surface area contributed by atoms with E-state index in [4.69, 9.17) is 25.5 Å². The first-order chi connectivity index (χ1) is 22.6. The number of aromatic nitrogens is 6. The van der Waals surface area contributed by atoms with Gasteiger partial charge in [0.15, 0.2) is 12.5 Å². The molecule has 0 spiro atoms. The predicted octanol–water partition coefficient (Wildman–Crippen LogP) is 5.36. The minimum Gasteiger partial charge on any atom is -0.483 e. The van der Waals surface area contributed by atoms with Crippen molar-refractivity contribution in [1.82, 2.24) is 29.5 Å². The van der Waals surface area contributed by atoms with Crippen LogP contribution in [0.15, 0.2) is 42.7 Å². The van der Waals surface area contributed by atoms with E-state index in [-0.39, 0.29) is 43.9 Å². The van der Waals surface area contributed by atoms with Crippen molar-refractivity contribution in [3.8, 4) is 22.0 Å². The number of nitrogens with zero attached hydrogens (tertiary/aromatic N) is 6. The molecular formula is C31H42F2N8O5S. The Morgan fingerprint density at radius 1 is 1.23 bits per heavy atom. The summed E-state index contributed by atoms with van der Waals surface area (Å²) in [5, 5.41) is 28.8. The van der Waals surface area contributed by atoms with E-state index in [1.807, 2.05) is 16.3 Å². The molecule has 1 aliphatic carbocycles. The largest absolute Gasteiger partial charge is 0.483 e. The highest BCUT2D eigenvalue weighted by atomic mass is 32.1. The van der Waals surface area contributed by atoms with Gasteiger partial charge in [-0.1, -0.05) is 25.8 Å². The third kappa shape index (κ3) is 12.6. The zero-order valence-electron chi connectivity index (χ0n) is 26.7. The van der Waals surface area contributed by atoms with Crippen molar-refractivity contribution in [2.75, 3.05) is 19.0 Å². The number of nitrogens with one attached hydrogen (secondary N) is 1. The third-order valence-corrected chi connectivity index (χ3v) is 7.35. The van der Waals surface area contributed by atoms with Crippen LogP contribution in [0.3, 0.4) is 0 Å². The fraction of sp³-hybridized carbons (Fsp3) is 0.419. The molecule has 0 aliphatic heterocycles. The first-order valence-corrected chi connectivity index (χ1v) is 15.8. The fourth-order valence-corrected chi connectivity index (χ4v) is 5.16. The van der Waals surface area contributed by atoms with Gasteiger partial charge >= 0.3 is 5.97 Å². The zero-order valence-corrected chi connectivity index (χ0v) is 27.5. The molecule has 0 aromatic carbocycles. The van der Waals surface area contributed by atoms with Gasteiger partial charge in [-0.05, 0) is 44.9 Å². The minimum atomic E-state index is -0.708. The Kier molecular flexibility index (Phi) is 16.9. The average Bonchev–Trinajstić information content (AvgIpc) is 3.82. The standard InChI is InChI=1S/C15H18F2N4.C13H16N4O2S.C2H6O.CH2O2/c1-18-12-9-21(10-5-3-2-4-6-10)20-15(12)14-11(16)7-8-13(17)19-14;1-3-11-7-20-13(16-11)10-5-15-17(6-10)8-19-12(18)4-9(2)14;1-2-3;2-1-3/h7-10,18H,2-6H2,1H3;3,5-7,9H,1,4,8,14H2,2H3;3H,2H2,1H3;1H,(H,2,3). The maximum absolute atomic E-state index is 13.9. The van der Waals surface area contributed by atoms with Crippen molar-refractivity contribution < 1.29 is 33.3 Å². The summed E-state index contributed by atoms with van der Waals surface area (Å²) in [6.07, 6.45) is 13.0. The van der Waals surface area contributed by atoms with E-state index in [9.17, 15) is 13.6 Å². The number of carbonyl (C=O) groups excluding carboxylic acids is 1. The Labute approximate surface area is 276 Å². The van der Waals surface area contributed by atoms with Crippen LogP contribution in [0.5, 0.6) is 0 Å². The number of pyridine rings is 1. The number of aliphatic hydroxyl groups is 1. The maximum Gasteiger partial charge on any atom is 0.309 e. The third-order valence-electron chi connectivity index (χ3n) is 6.44. The Morgan fingerprint density at radius 3 is 2.51 bits per heavy atom. The Hall–Kier alpha value is -4.54. The minimum absolute atomic E-state index is 0.0473. The van der Waals surface area contributed by atoms with Crippen LogP contribution in [-0.2, 0) is 21.1 Å². The van der Waals surface area contributed by atoms with Crippen molar-refractivity contribution in [2.24, 2.45) is 5.73 Å². The van der Waals surface area contributed by atoms with Gasteiger partial charge < -0.3 is 26.0 Å². The van der Waals surface area contributed by atoms with Crippen molar-refractivity contribution in [2.45, 2.75) is 71.2 Å². The topological polar surface area (TPSA) is 183 Å². The summed E-state index contributed by atoms with van der Waals surface area (Å²) in [7, 11) is 1.74. The number of thiazole rings is 1. The van der Waals surface area contributed by atoms with Gasteiger partial charge in [0, 0.05) is 43.0 Å². The average molecular weight is 677 g/mol. The fourth-order valence-electron chi connectivity index (χ4n) is 4.38. The van der Waals surface area contributed by atoms with Crippen LogP contribution >= 0.6 is 11.3 Å². The van der Waals surface area contributed by atoms with E-state index in [0.29, 0.717) is 17.4 Å². The second kappa shape index (κ2) is 20.6. The summed E-state index contributed by atoms with van der Waals surface area (Å²) in [5.74, 6) is -1.61. The summed E-state index contributed by atoms with van der Waals surface area (Å²) in [5.41, 5.74) is 8.21. The van der Waals surface area contributed by atoms with Crippen LogP contribution in [0.1, 0.15) is 64.1 Å². The number of halogens is 2. The SMILES string of the molecule is C=Cc1csc(-c2cnn(COC(=O)CC(C)N)c2)n1.CCO.CNc1cn(C2CCCCC2)nc1-c1nc(F)ccc1F.O=CO. The number of anilines is 1. The Balaban J connectivity index is 0.000000281. The molecule has 256 valence electrons. The van der Waals surface area contributed by atoms with E-state index in [2.05, 4.69) is 32.1 Å². The molecule has 4 aromatic rings. The van der Waals surface area contributed by atoms with Crippen LogP contribution in [0.25, 0.3) is 28.0 Å². The van der Waals surface area contributed by atoms with Gasteiger partial charge in [0.1, 0.15) is 16.4 Å². The number of carboxylic acid groups (broad SMARTS) is 1. The first kappa shape index (κ1) is 38.6. The van der Waals surface area contributed by atoms with Gasteiger partial charge in [0.2, 0.25) is 5.95 Å². The predicted molar refractivity (Wildman–Crippen MR) is 176 cm³/mol. The Morgan fingerprint density at radius 2 is 1.91 bits per heavy atom. The molecule has 1 aliphatic rings. The number of ether oxygens (including phenoxy) is 1. The second-order valence-corrected chi connectivity index (χ2v) is 11.0. The van der Waals surface area contributed by atoms with Crippen molar-refractivity contribution >= 4 is 35.5 Å². The molecule has 4 aromatic heterocycles. The van der Waals surface area contributed by atoms with Gasteiger partial charge in [0.25, 0.3) is 6.47 Å². The maximum atomic E-state index is 13.9. The first-order valence-electron chi connectivity index (χ1n) is 14.9. The van der Waals surface area contributed by atoms with Gasteiger partial charge in [0.05, 0.1) is 30.0 Å². The Bertz CT molecular complexity index is 1540. The van der Waals surface area contributed by atoms with Gasteiger partial charge in [-0.3, -0.25) is 14.3 Å². The number of rotatable bonds is 9. The van der Waals surface area contributed by atoms with Crippen LogP contribution in [0, 0.1) is 11.8 Å². The molecule has 1 atom stereocenters. The molecule has 0 bridgehead atoms. The number of hydrogen-bond acceptors (Lipinski definition) is 11. The van der Waals surface area contributed by atoms with Gasteiger partial charge in [-0.25, -0.2) is 19.0 Å². The lowest BCUT2D eigenvalue weighted by Crippen LogP contribution is -2.21. The smallest absolute Gasteiger partial charge is 0.309 e. The lowest BCUT2D eigenvalue weighted by atomic mass is 9.96. The molecular weight excluding hydrogens is 634 g/mol. The highest BCUT2D eigenvalue weighted by Crippen LogP contribution is 2.33.